The molecule has 0 spiro atoms. The lowest BCUT2D eigenvalue weighted by Crippen LogP contribution is -2.43. The molecule has 1 atom stereocenters. The van der Waals surface area contributed by atoms with Crippen LogP contribution in [0, 0.1) is 0 Å². The van der Waals surface area contributed by atoms with Gasteiger partial charge in [-0.3, -0.25) is 0 Å². The summed E-state index contributed by atoms with van der Waals surface area (Å²) in [5.74, 6) is -0.542. The van der Waals surface area contributed by atoms with Crippen LogP contribution in [0.5, 0.6) is 0 Å². The fourth-order valence-corrected chi connectivity index (χ4v) is 2.33. The Morgan fingerprint density at radius 3 is 2.48 bits per heavy atom. The molecule has 0 saturated carbocycles. The van der Waals surface area contributed by atoms with Gasteiger partial charge in [-0.15, -0.1) is 0 Å². The van der Waals surface area contributed by atoms with Crippen molar-refractivity contribution >= 4 is 23.3 Å². The summed E-state index contributed by atoms with van der Waals surface area (Å²) in [6.45, 7) is 1.88. The Balaban J connectivity index is 2.36. The molecule has 2 rings (SSSR count). The molecule has 1 aliphatic rings. The Morgan fingerprint density at radius 1 is 1.35 bits per heavy atom. The minimum atomic E-state index is -4.41. The lowest BCUT2D eigenvalue weighted by Gasteiger charge is -2.31. The first-order valence-corrected chi connectivity index (χ1v) is 7.24. The number of thiocarbonyl (C=S) groups is 1. The number of ether oxygens (including phenoxy) is 1. The van der Waals surface area contributed by atoms with Gasteiger partial charge in [0, 0.05) is 13.2 Å². The number of benzene rings is 1. The highest BCUT2D eigenvalue weighted by Crippen LogP contribution is 2.32. The largest absolute Gasteiger partial charge is 0.463 e. The van der Waals surface area contributed by atoms with E-state index >= 15 is 0 Å². The van der Waals surface area contributed by atoms with Gasteiger partial charge in [-0.1, -0.05) is 12.1 Å². The second-order valence-corrected chi connectivity index (χ2v) is 5.30. The van der Waals surface area contributed by atoms with Gasteiger partial charge in [0.2, 0.25) is 0 Å². The van der Waals surface area contributed by atoms with Crippen molar-refractivity contribution in [2.45, 2.75) is 19.1 Å². The van der Waals surface area contributed by atoms with E-state index in [4.69, 9.17) is 17.0 Å². The van der Waals surface area contributed by atoms with Crippen molar-refractivity contribution in [3.63, 3.8) is 0 Å². The SMILES string of the molecule is CCOC(=O)C1=CN(C)C(=S)NC1c1ccc(C(F)(F)F)cc1. The number of esters is 1. The Hall–Kier alpha value is -2.09. The van der Waals surface area contributed by atoms with E-state index < -0.39 is 23.8 Å². The van der Waals surface area contributed by atoms with Crippen molar-refractivity contribution in [3.8, 4) is 0 Å². The Labute approximate surface area is 136 Å². The molecule has 0 amide bonds. The highest BCUT2D eigenvalue weighted by molar-refractivity contribution is 7.80. The number of halogens is 3. The molecule has 23 heavy (non-hydrogen) atoms. The van der Waals surface area contributed by atoms with E-state index in [0.29, 0.717) is 10.7 Å². The van der Waals surface area contributed by atoms with Crippen LogP contribution >= 0.6 is 12.2 Å². The van der Waals surface area contributed by atoms with E-state index in [0.717, 1.165) is 12.1 Å². The van der Waals surface area contributed by atoms with Gasteiger partial charge in [0.25, 0.3) is 0 Å². The summed E-state index contributed by atoms with van der Waals surface area (Å²) >= 11 is 5.13. The number of alkyl halides is 3. The molecule has 1 aliphatic heterocycles. The second kappa shape index (κ2) is 6.57. The summed E-state index contributed by atoms with van der Waals surface area (Å²) in [5, 5.41) is 3.30. The Kier molecular flexibility index (Phi) is 4.93. The molecular formula is C15H15F3N2O2S. The van der Waals surface area contributed by atoms with E-state index in [1.807, 2.05) is 0 Å². The lowest BCUT2D eigenvalue weighted by molar-refractivity contribution is -0.139. The number of hydrogen-bond donors (Lipinski definition) is 1. The van der Waals surface area contributed by atoms with Crippen LogP contribution in [-0.2, 0) is 15.7 Å². The first kappa shape index (κ1) is 17.3. The fraction of sp³-hybridized carbons (Fsp3) is 0.333. The topological polar surface area (TPSA) is 41.6 Å². The lowest BCUT2D eigenvalue weighted by atomic mass is 9.97. The predicted molar refractivity (Wildman–Crippen MR) is 82.4 cm³/mol. The summed E-state index contributed by atoms with van der Waals surface area (Å²) in [5.41, 5.74) is 0.0221. The standard InChI is InChI=1S/C15H15F3N2O2S/c1-3-22-13(21)11-8-20(2)14(23)19-12(11)9-4-6-10(7-5-9)15(16,17)18/h4-8,12H,3H2,1-2H3,(H,19,23). The molecule has 1 unspecified atom stereocenters. The third-order valence-electron chi connectivity index (χ3n) is 3.31. The van der Waals surface area contributed by atoms with Gasteiger partial charge in [0.1, 0.15) is 0 Å². The van der Waals surface area contributed by atoms with Crippen LogP contribution in [0.3, 0.4) is 0 Å². The second-order valence-electron chi connectivity index (χ2n) is 4.92. The summed E-state index contributed by atoms with van der Waals surface area (Å²) in [6, 6.07) is 3.94. The molecule has 0 aliphatic carbocycles. The van der Waals surface area contributed by atoms with Gasteiger partial charge >= 0.3 is 12.1 Å². The normalized spacial score (nSPS) is 18.3. The first-order valence-electron chi connectivity index (χ1n) is 6.83. The van der Waals surface area contributed by atoms with Crippen LogP contribution < -0.4 is 5.32 Å². The zero-order valence-corrected chi connectivity index (χ0v) is 13.3. The van der Waals surface area contributed by atoms with E-state index in [1.165, 1.54) is 18.3 Å². The molecule has 0 saturated heterocycles. The number of hydrogen-bond acceptors (Lipinski definition) is 3. The smallest absolute Gasteiger partial charge is 0.416 e. The maximum atomic E-state index is 12.7. The van der Waals surface area contributed by atoms with E-state index in [1.54, 1.807) is 18.9 Å². The average Bonchev–Trinajstić information content (AvgIpc) is 2.49. The molecular weight excluding hydrogens is 329 g/mol. The molecule has 124 valence electrons. The number of carbonyl (C=O) groups excluding carboxylic acids is 1. The van der Waals surface area contributed by atoms with Crippen molar-refractivity contribution < 1.29 is 22.7 Å². The first-order chi connectivity index (χ1) is 10.7. The molecule has 1 aromatic carbocycles. The molecule has 0 radical (unpaired) electrons. The zero-order chi connectivity index (χ0) is 17.2. The van der Waals surface area contributed by atoms with Crippen LogP contribution in [0.4, 0.5) is 13.2 Å². The molecule has 1 N–H and O–H groups in total. The highest BCUT2D eigenvalue weighted by atomic mass is 32.1. The number of nitrogens with zero attached hydrogens (tertiary/aromatic N) is 1. The van der Waals surface area contributed by atoms with Gasteiger partial charge in [-0.2, -0.15) is 13.2 Å². The van der Waals surface area contributed by atoms with Crippen molar-refractivity contribution in [1.82, 2.24) is 10.2 Å². The summed E-state index contributed by atoms with van der Waals surface area (Å²) < 4.78 is 43.0. The van der Waals surface area contributed by atoms with E-state index in [2.05, 4.69) is 5.32 Å². The van der Waals surface area contributed by atoms with Crippen LogP contribution in [0.15, 0.2) is 36.0 Å². The monoisotopic (exact) mass is 344 g/mol. The maximum Gasteiger partial charge on any atom is 0.416 e. The molecule has 4 nitrogen and oxygen atoms in total. The quantitative estimate of drug-likeness (QED) is 0.674. The molecule has 0 bridgehead atoms. The van der Waals surface area contributed by atoms with Crippen molar-refractivity contribution in [1.29, 1.82) is 0 Å². The van der Waals surface area contributed by atoms with Crippen LogP contribution in [0.25, 0.3) is 0 Å². The van der Waals surface area contributed by atoms with Crippen molar-refractivity contribution in [2.75, 3.05) is 13.7 Å². The summed E-state index contributed by atoms with van der Waals surface area (Å²) in [4.78, 5) is 13.6. The van der Waals surface area contributed by atoms with Gasteiger partial charge < -0.3 is 15.0 Å². The third-order valence-corrected chi connectivity index (χ3v) is 3.72. The highest BCUT2D eigenvalue weighted by Gasteiger charge is 2.32. The fourth-order valence-electron chi connectivity index (χ4n) is 2.16. The van der Waals surface area contributed by atoms with E-state index in [-0.39, 0.29) is 12.2 Å². The number of nitrogens with one attached hydrogen (secondary N) is 1. The zero-order valence-electron chi connectivity index (χ0n) is 12.5. The average molecular weight is 344 g/mol. The minimum Gasteiger partial charge on any atom is -0.463 e. The predicted octanol–water partition coefficient (Wildman–Crippen LogP) is 3.01. The summed E-state index contributed by atoms with van der Waals surface area (Å²) in [6.07, 6.45) is -2.88. The van der Waals surface area contributed by atoms with Crippen LogP contribution in [-0.4, -0.2) is 29.6 Å². The van der Waals surface area contributed by atoms with Gasteiger partial charge in [0.15, 0.2) is 5.11 Å². The summed E-state index contributed by atoms with van der Waals surface area (Å²) in [7, 11) is 1.66. The van der Waals surface area contributed by atoms with Crippen LogP contribution in [0.2, 0.25) is 0 Å². The maximum absolute atomic E-state index is 12.7. The number of rotatable bonds is 3. The third kappa shape index (κ3) is 3.82. The van der Waals surface area contributed by atoms with Gasteiger partial charge in [-0.25, -0.2) is 4.79 Å². The molecule has 1 heterocycles. The van der Waals surface area contributed by atoms with E-state index in [9.17, 15) is 18.0 Å². The Bertz CT molecular complexity index is 641. The van der Waals surface area contributed by atoms with Crippen LogP contribution in [0.1, 0.15) is 24.1 Å². The van der Waals surface area contributed by atoms with Gasteiger partial charge in [0.05, 0.1) is 23.8 Å². The minimum absolute atomic E-state index is 0.198. The van der Waals surface area contributed by atoms with Crippen molar-refractivity contribution in [2.24, 2.45) is 0 Å². The molecule has 0 aromatic heterocycles. The Morgan fingerprint density at radius 2 is 1.96 bits per heavy atom. The molecule has 1 aromatic rings. The van der Waals surface area contributed by atoms with Gasteiger partial charge in [-0.05, 0) is 36.8 Å². The molecule has 8 heteroatoms. The van der Waals surface area contributed by atoms with Crippen molar-refractivity contribution in [3.05, 3.63) is 47.2 Å². The molecule has 0 fully saturated rings. The number of carbonyl (C=O) groups is 1.